The number of halogens is 3. The maximum Gasteiger partial charge on any atom is 0.425 e. The van der Waals surface area contributed by atoms with E-state index in [9.17, 15) is 21.6 Å². The SMILES string of the molecule is CCCS(=O)(=O)Nc1nc2ccccc2nc1OC(C1CCN(c2cc(C#N)ccn2)CC1)C(F)(F)F. The molecule has 0 aliphatic carbocycles. The molecule has 0 amide bonds. The molecule has 1 unspecified atom stereocenters. The molecule has 1 fully saturated rings. The third-order valence-electron chi connectivity index (χ3n) is 5.99. The molecule has 196 valence electrons. The molecule has 0 bridgehead atoms. The zero-order valence-electron chi connectivity index (χ0n) is 19.9. The zero-order valence-corrected chi connectivity index (χ0v) is 20.8. The van der Waals surface area contributed by atoms with Gasteiger partial charge >= 0.3 is 6.18 Å². The minimum absolute atomic E-state index is 0.139. The van der Waals surface area contributed by atoms with Gasteiger partial charge in [0.1, 0.15) is 5.82 Å². The molecule has 0 radical (unpaired) electrons. The summed E-state index contributed by atoms with van der Waals surface area (Å²) >= 11 is 0. The summed E-state index contributed by atoms with van der Waals surface area (Å²) in [5.41, 5.74) is 1.000. The number of fused-ring (bicyclic) bond motifs is 1. The quantitative estimate of drug-likeness (QED) is 0.455. The highest BCUT2D eigenvalue weighted by Gasteiger charge is 2.48. The number of piperidine rings is 1. The molecule has 37 heavy (non-hydrogen) atoms. The van der Waals surface area contributed by atoms with Crippen molar-refractivity contribution in [3.05, 3.63) is 48.2 Å². The van der Waals surface area contributed by atoms with Gasteiger partial charge in [-0.15, -0.1) is 0 Å². The van der Waals surface area contributed by atoms with Gasteiger partial charge in [0.2, 0.25) is 15.8 Å². The number of pyridine rings is 1. The average molecular weight is 535 g/mol. The van der Waals surface area contributed by atoms with E-state index in [2.05, 4.69) is 19.7 Å². The highest BCUT2D eigenvalue weighted by atomic mass is 32.2. The molecule has 0 spiro atoms. The number of hydrogen-bond acceptors (Lipinski definition) is 8. The molecular formula is C24H25F3N6O3S. The van der Waals surface area contributed by atoms with E-state index in [1.165, 1.54) is 6.20 Å². The van der Waals surface area contributed by atoms with Crippen LogP contribution >= 0.6 is 0 Å². The predicted molar refractivity (Wildman–Crippen MR) is 132 cm³/mol. The summed E-state index contributed by atoms with van der Waals surface area (Å²) in [7, 11) is -3.87. The van der Waals surface area contributed by atoms with E-state index in [1.807, 2.05) is 11.0 Å². The first-order valence-corrected chi connectivity index (χ1v) is 13.4. The van der Waals surface area contributed by atoms with E-state index >= 15 is 0 Å². The first kappa shape index (κ1) is 26.4. The lowest BCUT2D eigenvalue weighted by Gasteiger charge is -2.37. The van der Waals surface area contributed by atoms with Crippen molar-refractivity contribution in [2.75, 3.05) is 28.5 Å². The summed E-state index contributed by atoms with van der Waals surface area (Å²) in [5.74, 6) is -1.52. The second-order valence-corrected chi connectivity index (χ2v) is 10.5. The van der Waals surface area contributed by atoms with E-state index in [1.54, 1.807) is 43.3 Å². The van der Waals surface area contributed by atoms with Gasteiger partial charge in [-0.25, -0.2) is 23.4 Å². The standard InChI is InChI=1S/C24H25F3N6O3S/c1-2-13-37(34,35)32-22-23(31-19-6-4-3-5-18(19)30-22)36-21(24(25,26)27)17-8-11-33(12-9-17)20-14-16(15-28)7-10-29-20/h3-7,10,14,17,21H,2,8-9,11-13H2,1H3,(H,30,32). The van der Waals surface area contributed by atoms with E-state index in [0.29, 0.717) is 23.3 Å². The Morgan fingerprint density at radius 2 is 1.86 bits per heavy atom. The topological polar surface area (TPSA) is 121 Å². The van der Waals surface area contributed by atoms with Crippen LogP contribution in [0, 0.1) is 17.2 Å². The monoisotopic (exact) mass is 534 g/mol. The number of rotatable bonds is 8. The van der Waals surface area contributed by atoms with Crippen LogP contribution in [0.4, 0.5) is 24.8 Å². The summed E-state index contributed by atoms with van der Waals surface area (Å²) in [6.45, 7) is 2.23. The lowest BCUT2D eigenvalue weighted by molar-refractivity contribution is -0.212. The van der Waals surface area contributed by atoms with Gasteiger partial charge in [-0.1, -0.05) is 19.1 Å². The largest absolute Gasteiger partial charge is 0.462 e. The van der Waals surface area contributed by atoms with Crippen molar-refractivity contribution in [1.29, 1.82) is 5.26 Å². The number of ether oxygens (including phenoxy) is 1. The first-order chi connectivity index (χ1) is 17.6. The summed E-state index contributed by atoms with van der Waals surface area (Å²) < 4.78 is 75.2. The highest BCUT2D eigenvalue weighted by molar-refractivity contribution is 7.92. The number of aromatic nitrogens is 3. The van der Waals surface area contributed by atoms with Gasteiger partial charge < -0.3 is 9.64 Å². The Labute approximate surface area is 212 Å². The molecule has 2 aromatic heterocycles. The van der Waals surface area contributed by atoms with E-state index in [0.717, 1.165) is 0 Å². The fourth-order valence-corrected chi connectivity index (χ4v) is 5.31. The van der Waals surface area contributed by atoms with Crippen LogP contribution in [0.15, 0.2) is 42.6 Å². The van der Waals surface area contributed by atoms with E-state index in [-0.39, 0.29) is 43.0 Å². The van der Waals surface area contributed by atoms with Crippen LogP contribution in [0.3, 0.4) is 0 Å². The van der Waals surface area contributed by atoms with Crippen LogP contribution in [0.25, 0.3) is 11.0 Å². The van der Waals surface area contributed by atoms with Crippen molar-refractivity contribution in [3.8, 4) is 11.9 Å². The maximum absolute atomic E-state index is 14.2. The fraction of sp³-hybridized carbons (Fsp3) is 0.417. The molecule has 1 aromatic carbocycles. The average Bonchev–Trinajstić information content (AvgIpc) is 2.86. The van der Waals surface area contributed by atoms with Gasteiger partial charge in [0, 0.05) is 25.2 Å². The third-order valence-corrected chi connectivity index (χ3v) is 7.44. The Kier molecular flexibility index (Phi) is 7.68. The molecule has 1 N–H and O–H groups in total. The van der Waals surface area contributed by atoms with Gasteiger partial charge in [-0.3, -0.25) is 4.72 Å². The third kappa shape index (κ3) is 6.37. The second-order valence-electron chi connectivity index (χ2n) is 8.71. The van der Waals surface area contributed by atoms with Crippen molar-refractivity contribution >= 4 is 32.7 Å². The van der Waals surface area contributed by atoms with Crippen molar-refractivity contribution in [1.82, 2.24) is 15.0 Å². The summed E-state index contributed by atoms with van der Waals surface area (Å²) in [6, 6.07) is 11.6. The maximum atomic E-state index is 14.2. The predicted octanol–water partition coefficient (Wildman–Crippen LogP) is 4.27. The molecule has 1 aliphatic rings. The number of hydrogen-bond donors (Lipinski definition) is 1. The van der Waals surface area contributed by atoms with Gasteiger partial charge in [0.15, 0.2) is 6.10 Å². The lowest BCUT2D eigenvalue weighted by atomic mass is 9.90. The molecule has 1 atom stereocenters. The first-order valence-electron chi connectivity index (χ1n) is 11.7. The summed E-state index contributed by atoms with van der Waals surface area (Å²) in [6.07, 6.45) is -4.89. The van der Waals surface area contributed by atoms with Crippen molar-refractivity contribution < 1.29 is 26.3 Å². The second kappa shape index (κ2) is 10.8. The van der Waals surface area contributed by atoms with Gasteiger partial charge in [-0.2, -0.15) is 18.4 Å². The summed E-state index contributed by atoms with van der Waals surface area (Å²) in [5, 5.41) is 9.10. The molecule has 9 nitrogen and oxygen atoms in total. The van der Waals surface area contributed by atoms with Crippen LogP contribution < -0.4 is 14.4 Å². The number of nitrogens with zero attached hydrogens (tertiary/aromatic N) is 5. The Balaban J connectivity index is 1.60. The molecule has 1 aliphatic heterocycles. The minimum Gasteiger partial charge on any atom is -0.462 e. The van der Waals surface area contributed by atoms with Gasteiger partial charge in [0.25, 0.3) is 5.88 Å². The van der Waals surface area contributed by atoms with Crippen LogP contribution in [0.5, 0.6) is 5.88 Å². The van der Waals surface area contributed by atoms with Gasteiger partial charge in [0.05, 0.1) is 28.4 Å². The Bertz CT molecular complexity index is 1400. The highest BCUT2D eigenvalue weighted by Crippen LogP contribution is 2.37. The van der Waals surface area contributed by atoms with Crippen molar-refractivity contribution in [2.45, 2.75) is 38.5 Å². The zero-order chi connectivity index (χ0) is 26.6. The molecule has 4 rings (SSSR count). The van der Waals surface area contributed by atoms with Crippen LogP contribution in [0.2, 0.25) is 0 Å². The fourth-order valence-electron chi connectivity index (χ4n) is 4.24. The van der Waals surface area contributed by atoms with E-state index in [4.69, 9.17) is 10.00 Å². The minimum atomic E-state index is -4.74. The number of para-hydroxylation sites is 2. The number of anilines is 2. The summed E-state index contributed by atoms with van der Waals surface area (Å²) in [4.78, 5) is 14.4. The van der Waals surface area contributed by atoms with Crippen molar-refractivity contribution in [3.63, 3.8) is 0 Å². The van der Waals surface area contributed by atoms with Crippen LogP contribution in [-0.4, -0.2) is 54.5 Å². The number of alkyl halides is 3. The Morgan fingerprint density at radius 1 is 1.19 bits per heavy atom. The number of benzene rings is 1. The smallest absolute Gasteiger partial charge is 0.425 e. The van der Waals surface area contributed by atoms with Crippen LogP contribution in [-0.2, 0) is 10.0 Å². The van der Waals surface area contributed by atoms with E-state index < -0.39 is 34.1 Å². The molecular weight excluding hydrogens is 509 g/mol. The normalized spacial score (nSPS) is 15.8. The number of nitrogens with one attached hydrogen (secondary N) is 1. The molecule has 1 saturated heterocycles. The number of sulfonamides is 1. The Morgan fingerprint density at radius 3 is 2.49 bits per heavy atom. The van der Waals surface area contributed by atoms with Crippen molar-refractivity contribution in [2.24, 2.45) is 5.92 Å². The molecule has 13 heteroatoms. The number of nitriles is 1. The van der Waals surface area contributed by atoms with Crippen LogP contribution in [0.1, 0.15) is 31.7 Å². The molecule has 3 aromatic rings. The molecule has 0 saturated carbocycles. The van der Waals surface area contributed by atoms with Gasteiger partial charge in [-0.05, 0) is 43.5 Å². The lowest BCUT2D eigenvalue weighted by Crippen LogP contribution is -2.46. The molecule has 3 heterocycles. The Hall–Kier alpha value is -3.66.